The second kappa shape index (κ2) is 7.16. The first-order valence-electron chi connectivity index (χ1n) is 9.21. The van der Waals surface area contributed by atoms with E-state index >= 15 is 0 Å². The first-order valence-corrected chi connectivity index (χ1v) is 9.21. The van der Waals surface area contributed by atoms with E-state index in [9.17, 15) is 4.79 Å². The van der Waals surface area contributed by atoms with Crippen LogP contribution >= 0.6 is 0 Å². The van der Waals surface area contributed by atoms with Crippen LogP contribution in [0.5, 0.6) is 0 Å². The number of likely N-dealkylation sites (tertiary alicyclic amines) is 1. The van der Waals surface area contributed by atoms with Crippen molar-refractivity contribution >= 4 is 29.0 Å². The number of fused-ring (bicyclic) bond motifs is 1. The Kier molecular flexibility index (Phi) is 4.57. The number of piperidine rings is 1. The summed E-state index contributed by atoms with van der Waals surface area (Å²) in [5, 5.41) is 8.49. The highest BCUT2D eigenvalue weighted by molar-refractivity contribution is 5.95. The van der Waals surface area contributed by atoms with Gasteiger partial charge in [-0.05, 0) is 48.6 Å². The maximum atomic E-state index is 12.6. The zero-order chi connectivity index (χ0) is 17.9. The molecule has 4 rings (SSSR count). The first kappa shape index (κ1) is 16.6. The largest absolute Gasteiger partial charge is 0.339 e. The average Bonchev–Trinajstić information content (AvgIpc) is 3.10. The molecule has 2 heterocycles. The first-order chi connectivity index (χ1) is 12.7. The third kappa shape index (κ3) is 3.40. The monoisotopic (exact) mass is 345 g/mol. The molecule has 1 aliphatic heterocycles. The summed E-state index contributed by atoms with van der Waals surface area (Å²) in [7, 11) is 0. The highest BCUT2D eigenvalue weighted by Crippen LogP contribution is 2.20. The Morgan fingerprint density at radius 1 is 1.08 bits per heavy atom. The van der Waals surface area contributed by atoms with Gasteiger partial charge in [-0.25, -0.2) is 0 Å². The molecule has 4 nitrogen and oxygen atoms in total. The molecule has 0 atom stereocenters. The minimum atomic E-state index is 0.144. The van der Waals surface area contributed by atoms with Crippen molar-refractivity contribution in [3.63, 3.8) is 0 Å². The van der Waals surface area contributed by atoms with Crippen molar-refractivity contribution in [3.05, 3.63) is 65.4 Å². The average molecular weight is 345 g/mol. The molecule has 132 valence electrons. The van der Waals surface area contributed by atoms with Crippen LogP contribution in [0.2, 0.25) is 0 Å². The summed E-state index contributed by atoms with van der Waals surface area (Å²) in [5.74, 6) is 0.871. The molecular weight excluding hydrogens is 322 g/mol. The number of H-pyrrole nitrogens is 1. The molecule has 1 aliphatic rings. The van der Waals surface area contributed by atoms with Gasteiger partial charge >= 0.3 is 0 Å². The zero-order valence-electron chi connectivity index (χ0n) is 15.0. The van der Waals surface area contributed by atoms with E-state index in [0.717, 1.165) is 59.6 Å². The number of aromatic amines is 1. The number of carbonyl (C=O) groups is 1. The van der Waals surface area contributed by atoms with E-state index in [2.05, 4.69) is 23.2 Å². The Balaban J connectivity index is 1.46. The standard InChI is InChI=1S/C22H23N3O/c1-16-12-14-25(15-13-16)22(26)18-9-6-17(7-10-18)8-11-21-19-4-2-3-5-20(19)23-24-21/h2-11,16H,12-15H2,1H3,(H,23,24). The van der Waals surface area contributed by atoms with Gasteiger partial charge in [0.15, 0.2) is 0 Å². The van der Waals surface area contributed by atoms with Crippen molar-refractivity contribution in [2.24, 2.45) is 5.92 Å². The van der Waals surface area contributed by atoms with E-state index in [4.69, 9.17) is 0 Å². The van der Waals surface area contributed by atoms with Crippen LogP contribution in [-0.4, -0.2) is 34.1 Å². The van der Waals surface area contributed by atoms with Gasteiger partial charge in [-0.2, -0.15) is 5.10 Å². The molecule has 4 heteroatoms. The van der Waals surface area contributed by atoms with Crippen LogP contribution in [0.3, 0.4) is 0 Å². The molecule has 1 fully saturated rings. The van der Waals surface area contributed by atoms with Gasteiger partial charge < -0.3 is 4.90 Å². The maximum absolute atomic E-state index is 12.6. The predicted octanol–water partition coefficient (Wildman–Crippen LogP) is 4.61. The molecule has 1 aromatic heterocycles. The van der Waals surface area contributed by atoms with E-state index in [1.54, 1.807) is 0 Å². The normalized spacial score (nSPS) is 15.8. The van der Waals surface area contributed by atoms with Gasteiger partial charge in [0.25, 0.3) is 5.91 Å². The van der Waals surface area contributed by atoms with E-state index in [0.29, 0.717) is 0 Å². The lowest BCUT2D eigenvalue weighted by Gasteiger charge is -2.30. The number of benzene rings is 2. The summed E-state index contributed by atoms with van der Waals surface area (Å²) in [5.41, 5.74) is 3.77. The van der Waals surface area contributed by atoms with Crippen LogP contribution in [0.25, 0.3) is 23.1 Å². The molecule has 1 N–H and O–H groups in total. The van der Waals surface area contributed by atoms with Gasteiger partial charge in [0, 0.05) is 24.0 Å². The Morgan fingerprint density at radius 3 is 2.58 bits per heavy atom. The summed E-state index contributed by atoms with van der Waals surface area (Å²) in [4.78, 5) is 14.6. The molecule has 1 saturated heterocycles. The zero-order valence-corrected chi connectivity index (χ0v) is 15.0. The summed E-state index contributed by atoms with van der Waals surface area (Å²) in [6, 6.07) is 15.9. The molecule has 26 heavy (non-hydrogen) atoms. The molecule has 2 aromatic carbocycles. The number of para-hydroxylation sites is 1. The van der Waals surface area contributed by atoms with Gasteiger partial charge in [-0.3, -0.25) is 9.89 Å². The van der Waals surface area contributed by atoms with Crippen molar-refractivity contribution in [1.29, 1.82) is 0 Å². The van der Waals surface area contributed by atoms with Gasteiger partial charge in [0.1, 0.15) is 0 Å². The maximum Gasteiger partial charge on any atom is 0.253 e. The van der Waals surface area contributed by atoms with Gasteiger partial charge in [0.05, 0.1) is 11.2 Å². The highest BCUT2D eigenvalue weighted by atomic mass is 16.2. The SMILES string of the molecule is CC1CCN(C(=O)c2ccc(C=Cc3n[nH]c4ccccc34)cc2)CC1. The predicted molar refractivity (Wildman–Crippen MR) is 106 cm³/mol. The van der Waals surface area contributed by atoms with Gasteiger partial charge in [-0.1, -0.05) is 43.3 Å². The van der Waals surface area contributed by atoms with Gasteiger partial charge in [-0.15, -0.1) is 0 Å². The second-order valence-electron chi connectivity index (χ2n) is 7.08. The lowest BCUT2D eigenvalue weighted by molar-refractivity contribution is 0.0697. The minimum absolute atomic E-state index is 0.144. The quantitative estimate of drug-likeness (QED) is 0.754. The van der Waals surface area contributed by atoms with E-state index in [1.807, 2.05) is 59.5 Å². The number of hydrogen-bond donors (Lipinski definition) is 1. The Labute approximate surface area is 153 Å². The molecule has 0 saturated carbocycles. The van der Waals surface area contributed by atoms with Gasteiger partial charge in [0.2, 0.25) is 0 Å². The second-order valence-corrected chi connectivity index (χ2v) is 7.08. The Morgan fingerprint density at radius 2 is 1.81 bits per heavy atom. The Hall–Kier alpha value is -2.88. The van der Waals surface area contributed by atoms with Crippen LogP contribution in [0.1, 0.15) is 41.4 Å². The molecule has 0 bridgehead atoms. The number of hydrogen-bond acceptors (Lipinski definition) is 2. The smallest absolute Gasteiger partial charge is 0.253 e. The highest BCUT2D eigenvalue weighted by Gasteiger charge is 2.21. The van der Waals surface area contributed by atoms with E-state index < -0.39 is 0 Å². The number of nitrogens with one attached hydrogen (secondary N) is 1. The van der Waals surface area contributed by atoms with Crippen LogP contribution < -0.4 is 0 Å². The third-order valence-electron chi connectivity index (χ3n) is 5.16. The van der Waals surface area contributed by atoms with Crippen molar-refractivity contribution in [2.75, 3.05) is 13.1 Å². The summed E-state index contributed by atoms with van der Waals surface area (Å²) < 4.78 is 0. The van der Waals surface area contributed by atoms with Crippen LogP contribution in [0.15, 0.2) is 48.5 Å². The fourth-order valence-electron chi connectivity index (χ4n) is 3.42. The van der Waals surface area contributed by atoms with Crippen LogP contribution in [0.4, 0.5) is 0 Å². The number of nitrogens with zero attached hydrogens (tertiary/aromatic N) is 2. The fourth-order valence-corrected chi connectivity index (χ4v) is 3.42. The van der Waals surface area contributed by atoms with E-state index in [-0.39, 0.29) is 5.91 Å². The number of amides is 1. The topological polar surface area (TPSA) is 49.0 Å². The summed E-state index contributed by atoms with van der Waals surface area (Å²) in [6.45, 7) is 3.99. The summed E-state index contributed by atoms with van der Waals surface area (Å²) >= 11 is 0. The van der Waals surface area contributed by atoms with Crippen LogP contribution in [-0.2, 0) is 0 Å². The lowest BCUT2D eigenvalue weighted by Crippen LogP contribution is -2.37. The lowest BCUT2D eigenvalue weighted by atomic mass is 9.98. The number of aromatic nitrogens is 2. The van der Waals surface area contributed by atoms with Crippen molar-refractivity contribution < 1.29 is 4.79 Å². The van der Waals surface area contributed by atoms with Crippen molar-refractivity contribution in [3.8, 4) is 0 Å². The molecule has 3 aromatic rings. The van der Waals surface area contributed by atoms with Crippen LogP contribution in [0, 0.1) is 5.92 Å². The van der Waals surface area contributed by atoms with Crippen molar-refractivity contribution in [1.82, 2.24) is 15.1 Å². The molecule has 1 amide bonds. The fraction of sp³-hybridized carbons (Fsp3) is 0.273. The third-order valence-corrected chi connectivity index (χ3v) is 5.16. The Bertz CT molecular complexity index is 931. The van der Waals surface area contributed by atoms with E-state index in [1.165, 1.54) is 0 Å². The number of carbonyl (C=O) groups excluding carboxylic acids is 1. The molecule has 0 spiro atoms. The minimum Gasteiger partial charge on any atom is -0.339 e. The molecule has 0 unspecified atom stereocenters. The molecular formula is C22H23N3O. The molecule has 0 radical (unpaired) electrons. The number of rotatable bonds is 3. The summed E-state index contributed by atoms with van der Waals surface area (Å²) in [6.07, 6.45) is 6.23. The molecule has 0 aliphatic carbocycles. The van der Waals surface area contributed by atoms with Crippen molar-refractivity contribution in [2.45, 2.75) is 19.8 Å².